The van der Waals surface area contributed by atoms with E-state index in [0.717, 1.165) is 0 Å². The zero-order valence-corrected chi connectivity index (χ0v) is 14.9. The number of carbonyl (C=O) groups excluding carboxylic acids is 1. The largest absolute Gasteiger partial charge is 0.481 e. The van der Waals surface area contributed by atoms with E-state index in [-0.39, 0.29) is 12.5 Å². The highest BCUT2D eigenvalue weighted by Crippen LogP contribution is 2.37. The lowest BCUT2D eigenvalue weighted by Crippen LogP contribution is -2.42. The third-order valence-electron chi connectivity index (χ3n) is 4.49. The Hall–Kier alpha value is -3.74. The molecule has 7 heteroatoms. The first-order chi connectivity index (χ1) is 13.6. The Morgan fingerprint density at radius 1 is 1.11 bits per heavy atom. The van der Waals surface area contributed by atoms with Crippen molar-refractivity contribution in [2.45, 2.75) is 12.7 Å². The first-order valence-corrected chi connectivity index (χ1v) is 8.76. The molecule has 1 aliphatic heterocycles. The third kappa shape index (κ3) is 3.42. The van der Waals surface area contributed by atoms with Gasteiger partial charge < -0.3 is 24.5 Å². The number of carboxylic acids is 1. The minimum absolute atomic E-state index is 0.149. The number of rotatable bonds is 6. The molecule has 0 spiro atoms. The van der Waals surface area contributed by atoms with Crippen LogP contribution in [0.25, 0.3) is 0 Å². The van der Waals surface area contributed by atoms with Gasteiger partial charge in [0.15, 0.2) is 6.61 Å². The summed E-state index contributed by atoms with van der Waals surface area (Å²) in [6, 6.07) is 17.9. The zero-order valence-electron chi connectivity index (χ0n) is 14.9. The number of aliphatic carboxylic acids is 1. The van der Waals surface area contributed by atoms with Crippen LogP contribution in [0.3, 0.4) is 0 Å². The number of fused-ring (bicyclic) bond motifs is 1. The van der Waals surface area contributed by atoms with E-state index in [1.807, 2.05) is 30.3 Å². The van der Waals surface area contributed by atoms with E-state index >= 15 is 0 Å². The third-order valence-corrected chi connectivity index (χ3v) is 4.49. The molecule has 28 heavy (non-hydrogen) atoms. The van der Waals surface area contributed by atoms with Gasteiger partial charge in [-0.05, 0) is 30.3 Å². The molecule has 0 radical (unpaired) electrons. The number of ether oxygens (including phenoxy) is 1. The highest BCUT2D eigenvalue weighted by atomic mass is 16.5. The molecular weight excluding hydrogens is 360 g/mol. The van der Waals surface area contributed by atoms with Crippen LogP contribution in [0.5, 0.6) is 5.75 Å². The van der Waals surface area contributed by atoms with Crippen molar-refractivity contribution >= 4 is 17.6 Å². The monoisotopic (exact) mass is 378 g/mol. The summed E-state index contributed by atoms with van der Waals surface area (Å²) >= 11 is 0. The highest BCUT2D eigenvalue weighted by molar-refractivity contribution is 6.01. The molecule has 7 nitrogen and oxygen atoms in total. The summed E-state index contributed by atoms with van der Waals surface area (Å²) in [6.07, 6.45) is 1.02. The van der Waals surface area contributed by atoms with E-state index in [9.17, 15) is 9.59 Å². The number of amides is 1. The van der Waals surface area contributed by atoms with Crippen molar-refractivity contribution in [3.05, 3.63) is 83.8 Å². The average molecular weight is 378 g/mol. The quantitative estimate of drug-likeness (QED) is 0.682. The summed E-state index contributed by atoms with van der Waals surface area (Å²) < 4.78 is 10.9. The molecule has 0 aliphatic carbocycles. The Labute approximate surface area is 161 Å². The Morgan fingerprint density at radius 3 is 2.68 bits per heavy atom. The SMILES string of the molecule is O=C(O)COc1ccccc1[C@@H]1Nc2ccccc2C(=O)N1Cc1ccco1. The lowest BCUT2D eigenvalue weighted by atomic mass is 10.0. The summed E-state index contributed by atoms with van der Waals surface area (Å²) in [7, 11) is 0. The van der Waals surface area contributed by atoms with Crippen LogP contribution in [0.1, 0.15) is 27.8 Å². The van der Waals surface area contributed by atoms with Crippen LogP contribution < -0.4 is 10.1 Å². The predicted octanol–water partition coefficient (Wildman–Crippen LogP) is 3.51. The molecule has 0 unspecified atom stereocenters. The van der Waals surface area contributed by atoms with Crippen molar-refractivity contribution in [2.24, 2.45) is 0 Å². The molecule has 2 heterocycles. The summed E-state index contributed by atoms with van der Waals surface area (Å²) in [6.45, 7) is -0.211. The molecule has 1 aliphatic rings. The lowest BCUT2D eigenvalue weighted by Gasteiger charge is -2.38. The number of carboxylic acid groups (broad SMARTS) is 1. The van der Waals surface area contributed by atoms with E-state index in [2.05, 4.69) is 5.32 Å². The van der Waals surface area contributed by atoms with Gasteiger partial charge in [0.05, 0.1) is 18.4 Å². The minimum atomic E-state index is -1.07. The first kappa shape index (κ1) is 17.7. The van der Waals surface area contributed by atoms with E-state index in [1.54, 1.807) is 41.5 Å². The molecule has 3 aromatic rings. The molecule has 0 saturated carbocycles. The molecule has 1 atom stereocenters. The molecule has 2 aromatic carbocycles. The fourth-order valence-corrected chi connectivity index (χ4v) is 3.25. The fraction of sp³-hybridized carbons (Fsp3) is 0.143. The molecule has 0 saturated heterocycles. The van der Waals surface area contributed by atoms with Gasteiger partial charge in [-0.2, -0.15) is 0 Å². The van der Waals surface area contributed by atoms with Crippen LogP contribution in [0.4, 0.5) is 5.69 Å². The average Bonchev–Trinajstić information content (AvgIpc) is 3.22. The number of carbonyl (C=O) groups is 2. The maximum Gasteiger partial charge on any atom is 0.341 e. The van der Waals surface area contributed by atoms with Gasteiger partial charge in [0.2, 0.25) is 0 Å². The maximum atomic E-state index is 13.2. The number of furan rings is 1. The molecule has 0 fully saturated rings. The van der Waals surface area contributed by atoms with Gasteiger partial charge in [-0.1, -0.05) is 30.3 Å². The Bertz CT molecular complexity index is 1000. The summed E-state index contributed by atoms with van der Waals surface area (Å²) in [5.41, 5.74) is 1.94. The van der Waals surface area contributed by atoms with Gasteiger partial charge in [-0.15, -0.1) is 0 Å². The van der Waals surface area contributed by atoms with Crippen molar-refractivity contribution in [3.63, 3.8) is 0 Å². The van der Waals surface area contributed by atoms with Crippen LogP contribution >= 0.6 is 0 Å². The van der Waals surface area contributed by atoms with Crippen LogP contribution in [-0.2, 0) is 11.3 Å². The number of nitrogens with zero attached hydrogens (tertiary/aromatic N) is 1. The van der Waals surface area contributed by atoms with Crippen LogP contribution in [0.2, 0.25) is 0 Å². The first-order valence-electron chi connectivity index (χ1n) is 8.76. The van der Waals surface area contributed by atoms with E-state index in [1.165, 1.54) is 0 Å². The summed E-state index contributed by atoms with van der Waals surface area (Å²) in [5.74, 6) is -0.174. The Kier molecular flexibility index (Phi) is 4.72. The van der Waals surface area contributed by atoms with Gasteiger partial charge in [-0.3, -0.25) is 4.79 Å². The van der Waals surface area contributed by atoms with Crippen molar-refractivity contribution in [3.8, 4) is 5.75 Å². The van der Waals surface area contributed by atoms with Crippen LogP contribution in [0, 0.1) is 0 Å². The second kappa shape index (κ2) is 7.48. The molecule has 2 N–H and O–H groups in total. The van der Waals surface area contributed by atoms with Crippen LogP contribution in [0.15, 0.2) is 71.3 Å². The van der Waals surface area contributed by atoms with Crippen molar-refractivity contribution in [1.29, 1.82) is 0 Å². The van der Waals surface area contributed by atoms with Gasteiger partial charge in [0.1, 0.15) is 17.7 Å². The number of para-hydroxylation sites is 2. The Morgan fingerprint density at radius 2 is 1.89 bits per heavy atom. The molecule has 4 rings (SSSR count). The molecule has 1 amide bonds. The standard InChI is InChI=1S/C21H18N2O5/c24-19(25)13-28-18-10-4-2-8-16(18)20-22-17-9-3-1-7-15(17)21(26)23(20)12-14-6-5-11-27-14/h1-11,20,22H,12-13H2,(H,24,25)/t20-/m1/s1. The number of benzene rings is 2. The zero-order chi connectivity index (χ0) is 19.5. The van der Waals surface area contributed by atoms with Gasteiger partial charge in [0.25, 0.3) is 5.91 Å². The number of hydrogen-bond donors (Lipinski definition) is 2. The molecule has 142 valence electrons. The topological polar surface area (TPSA) is 92.0 Å². The fourth-order valence-electron chi connectivity index (χ4n) is 3.25. The van der Waals surface area contributed by atoms with E-state index in [0.29, 0.717) is 28.3 Å². The predicted molar refractivity (Wildman–Crippen MR) is 101 cm³/mol. The van der Waals surface area contributed by atoms with Gasteiger partial charge in [0, 0.05) is 11.3 Å². The lowest BCUT2D eigenvalue weighted by molar-refractivity contribution is -0.139. The van der Waals surface area contributed by atoms with Gasteiger partial charge in [-0.25, -0.2) is 4.79 Å². The van der Waals surface area contributed by atoms with Gasteiger partial charge >= 0.3 is 5.97 Å². The van der Waals surface area contributed by atoms with Crippen molar-refractivity contribution < 1.29 is 23.8 Å². The van der Waals surface area contributed by atoms with Crippen molar-refractivity contribution in [2.75, 3.05) is 11.9 Å². The number of nitrogens with one attached hydrogen (secondary N) is 1. The van der Waals surface area contributed by atoms with E-state index in [4.69, 9.17) is 14.3 Å². The van der Waals surface area contributed by atoms with Crippen molar-refractivity contribution in [1.82, 2.24) is 4.90 Å². The number of anilines is 1. The molecule has 1 aromatic heterocycles. The maximum absolute atomic E-state index is 13.2. The van der Waals surface area contributed by atoms with Crippen LogP contribution in [-0.4, -0.2) is 28.5 Å². The second-order valence-electron chi connectivity index (χ2n) is 6.33. The van der Waals surface area contributed by atoms with E-state index < -0.39 is 18.7 Å². The summed E-state index contributed by atoms with van der Waals surface area (Å²) in [5, 5.41) is 12.3. The minimum Gasteiger partial charge on any atom is -0.481 e. The smallest absolute Gasteiger partial charge is 0.341 e. The Balaban J connectivity index is 1.75. The number of hydrogen-bond acceptors (Lipinski definition) is 5. The molecular formula is C21H18N2O5. The highest BCUT2D eigenvalue weighted by Gasteiger charge is 2.34. The summed E-state index contributed by atoms with van der Waals surface area (Å²) in [4.78, 5) is 25.8. The second-order valence-corrected chi connectivity index (χ2v) is 6.33. The normalized spacial score (nSPS) is 15.6. The molecule has 0 bridgehead atoms.